The van der Waals surface area contributed by atoms with Crippen LogP contribution in [0.2, 0.25) is 10.0 Å². The number of aromatic nitrogens is 1. The number of hydrogen-bond acceptors (Lipinski definition) is 2. The predicted molar refractivity (Wildman–Crippen MR) is 98.8 cm³/mol. The summed E-state index contributed by atoms with van der Waals surface area (Å²) >= 11 is 12.0. The van der Waals surface area contributed by atoms with Crippen molar-refractivity contribution in [2.24, 2.45) is 0 Å². The summed E-state index contributed by atoms with van der Waals surface area (Å²) in [5.74, 6) is -0.274. The monoisotopic (exact) mass is 356 g/mol. The van der Waals surface area contributed by atoms with E-state index in [0.717, 1.165) is 11.3 Å². The van der Waals surface area contributed by atoms with Crippen LogP contribution < -0.4 is 5.32 Å². The fraction of sp³-hybridized carbons (Fsp3) is 0.0526. The summed E-state index contributed by atoms with van der Waals surface area (Å²) in [4.78, 5) is 17.0. The third kappa shape index (κ3) is 3.58. The highest BCUT2D eigenvalue weighted by Gasteiger charge is 2.13. The first-order valence-electron chi connectivity index (χ1n) is 7.34. The predicted octanol–water partition coefficient (Wildman–Crippen LogP) is 5.62. The Labute approximate surface area is 150 Å². The molecule has 0 spiro atoms. The van der Waals surface area contributed by atoms with Gasteiger partial charge >= 0.3 is 0 Å². The van der Waals surface area contributed by atoms with Crippen molar-refractivity contribution in [3.05, 3.63) is 82.0 Å². The molecule has 0 aliphatic carbocycles. The molecule has 0 fully saturated rings. The molecule has 120 valence electrons. The van der Waals surface area contributed by atoms with Crippen LogP contribution in [0.4, 0.5) is 5.69 Å². The molecule has 0 radical (unpaired) electrons. The molecule has 1 N–H and O–H groups in total. The molecule has 0 saturated carbocycles. The van der Waals surface area contributed by atoms with Gasteiger partial charge in [-0.25, -0.2) is 0 Å². The molecule has 0 aliphatic heterocycles. The van der Waals surface area contributed by atoms with Gasteiger partial charge in [0.05, 0.1) is 27.7 Å². The second kappa shape index (κ2) is 7.04. The third-order valence-electron chi connectivity index (χ3n) is 3.58. The van der Waals surface area contributed by atoms with Crippen molar-refractivity contribution >= 4 is 34.8 Å². The van der Waals surface area contributed by atoms with E-state index in [0.29, 0.717) is 27.0 Å². The molecule has 3 rings (SSSR count). The summed E-state index contributed by atoms with van der Waals surface area (Å²) < 4.78 is 0. The van der Waals surface area contributed by atoms with Crippen LogP contribution in [0, 0.1) is 6.92 Å². The van der Waals surface area contributed by atoms with E-state index in [1.807, 2.05) is 36.4 Å². The molecule has 24 heavy (non-hydrogen) atoms. The molecule has 3 aromatic rings. The molecule has 1 aromatic heterocycles. The molecule has 0 aliphatic rings. The zero-order valence-electron chi connectivity index (χ0n) is 12.9. The van der Waals surface area contributed by atoms with Crippen LogP contribution in [-0.4, -0.2) is 10.9 Å². The van der Waals surface area contributed by atoms with E-state index >= 15 is 0 Å². The third-order valence-corrected chi connectivity index (χ3v) is 4.14. The van der Waals surface area contributed by atoms with Gasteiger partial charge in [-0.3, -0.25) is 9.78 Å². The van der Waals surface area contributed by atoms with E-state index in [4.69, 9.17) is 23.2 Å². The van der Waals surface area contributed by atoms with Crippen LogP contribution >= 0.6 is 23.2 Å². The number of nitrogens with one attached hydrogen (secondary N) is 1. The van der Waals surface area contributed by atoms with Crippen LogP contribution in [-0.2, 0) is 0 Å². The Balaban J connectivity index is 1.87. The summed E-state index contributed by atoms with van der Waals surface area (Å²) in [5, 5.41) is 3.71. The number of carbonyl (C=O) groups excluding carboxylic acids is 1. The highest BCUT2D eigenvalue weighted by Crippen LogP contribution is 2.26. The average molecular weight is 357 g/mol. The van der Waals surface area contributed by atoms with Gasteiger partial charge in [0, 0.05) is 10.6 Å². The van der Waals surface area contributed by atoms with Gasteiger partial charge in [-0.1, -0.05) is 53.5 Å². The Morgan fingerprint density at radius 3 is 2.46 bits per heavy atom. The molecule has 0 atom stereocenters. The molecule has 0 unspecified atom stereocenters. The van der Waals surface area contributed by atoms with Gasteiger partial charge in [0.25, 0.3) is 5.91 Å². The second-order valence-electron chi connectivity index (χ2n) is 5.27. The van der Waals surface area contributed by atoms with Crippen molar-refractivity contribution in [2.75, 3.05) is 5.32 Å². The summed E-state index contributed by atoms with van der Waals surface area (Å²) in [6.45, 7) is 1.81. The maximum absolute atomic E-state index is 12.5. The first-order chi connectivity index (χ1) is 11.5. The lowest BCUT2D eigenvalue weighted by Crippen LogP contribution is -2.14. The van der Waals surface area contributed by atoms with E-state index in [2.05, 4.69) is 10.3 Å². The second-order valence-corrected chi connectivity index (χ2v) is 6.12. The lowest BCUT2D eigenvalue weighted by atomic mass is 10.1. The molecular formula is C19H14Cl2N2O. The zero-order valence-corrected chi connectivity index (χ0v) is 14.4. The number of rotatable bonds is 3. The summed E-state index contributed by atoms with van der Waals surface area (Å²) in [6, 6.07) is 18.3. The molecule has 1 amide bonds. The molecule has 0 saturated heterocycles. The van der Waals surface area contributed by atoms with Gasteiger partial charge in [0.1, 0.15) is 0 Å². The van der Waals surface area contributed by atoms with Crippen molar-refractivity contribution in [3.63, 3.8) is 0 Å². The first-order valence-corrected chi connectivity index (χ1v) is 8.09. The average Bonchev–Trinajstić information content (AvgIpc) is 2.58. The Hall–Kier alpha value is -2.36. The Morgan fingerprint density at radius 2 is 1.75 bits per heavy atom. The van der Waals surface area contributed by atoms with E-state index in [1.54, 1.807) is 31.2 Å². The SMILES string of the molecule is Cc1nc(-c2ccccc2)ccc1C(=O)Nc1cc(Cl)ccc1Cl. The molecule has 5 heteroatoms. The van der Waals surface area contributed by atoms with Gasteiger partial charge in [-0.2, -0.15) is 0 Å². The molecule has 1 heterocycles. The zero-order chi connectivity index (χ0) is 17.1. The first kappa shape index (κ1) is 16.5. The molecular weight excluding hydrogens is 343 g/mol. The summed E-state index contributed by atoms with van der Waals surface area (Å²) in [5.41, 5.74) is 3.44. The highest BCUT2D eigenvalue weighted by atomic mass is 35.5. The Kier molecular flexibility index (Phi) is 4.84. The lowest BCUT2D eigenvalue weighted by molar-refractivity contribution is 0.102. The lowest BCUT2D eigenvalue weighted by Gasteiger charge is -2.10. The number of hydrogen-bond donors (Lipinski definition) is 1. The molecule has 3 nitrogen and oxygen atoms in total. The van der Waals surface area contributed by atoms with Crippen LogP contribution in [0.15, 0.2) is 60.7 Å². The smallest absolute Gasteiger partial charge is 0.257 e. The van der Waals surface area contributed by atoms with Crippen molar-refractivity contribution in [3.8, 4) is 11.3 Å². The fourth-order valence-corrected chi connectivity index (χ4v) is 2.69. The minimum Gasteiger partial charge on any atom is -0.321 e. The standard InChI is InChI=1S/C19H14Cl2N2O/c1-12-15(8-10-17(22-12)13-5-3-2-4-6-13)19(24)23-18-11-14(20)7-9-16(18)21/h2-11H,1H3,(H,23,24). The number of carbonyl (C=O) groups is 1. The number of nitrogens with zero attached hydrogens (tertiary/aromatic N) is 1. The van der Waals surface area contributed by atoms with Crippen LogP contribution in [0.3, 0.4) is 0 Å². The Morgan fingerprint density at radius 1 is 1.00 bits per heavy atom. The topological polar surface area (TPSA) is 42.0 Å². The van der Waals surface area contributed by atoms with E-state index in [1.165, 1.54) is 0 Å². The number of amides is 1. The normalized spacial score (nSPS) is 10.5. The number of anilines is 1. The minimum atomic E-state index is -0.274. The van der Waals surface area contributed by atoms with Gasteiger partial charge < -0.3 is 5.32 Å². The van der Waals surface area contributed by atoms with E-state index in [-0.39, 0.29) is 5.91 Å². The molecule has 2 aromatic carbocycles. The maximum atomic E-state index is 12.5. The largest absolute Gasteiger partial charge is 0.321 e. The number of halogens is 2. The Bertz CT molecular complexity index is 895. The fourth-order valence-electron chi connectivity index (χ4n) is 2.35. The van der Waals surface area contributed by atoms with Crippen LogP contribution in [0.5, 0.6) is 0 Å². The number of benzene rings is 2. The minimum absolute atomic E-state index is 0.274. The van der Waals surface area contributed by atoms with Gasteiger partial charge in [-0.15, -0.1) is 0 Å². The quantitative estimate of drug-likeness (QED) is 0.661. The van der Waals surface area contributed by atoms with Crippen molar-refractivity contribution in [1.82, 2.24) is 4.98 Å². The van der Waals surface area contributed by atoms with Crippen LogP contribution in [0.25, 0.3) is 11.3 Å². The number of aryl methyl sites for hydroxylation is 1. The van der Waals surface area contributed by atoms with Crippen molar-refractivity contribution < 1.29 is 4.79 Å². The van der Waals surface area contributed by atoms with Gasteiger partial charge in [0.2, 0.25) is 0 Å². The summed E-state index contributed by atoms with van der Waals surface area (Å²) in [6.07, 6.45) is 0. The highest BCUT2D eigenvalue weighted by molar-refractivity contribution is 6.35. The van der Waals surface area contributed by atoms with Crippen molar-refractivity contribution in [2.45, 2.75) is 6.92 Å². The van der Waals surface area contributed by atoms with Gasteiger partial charge in [0.15, 0.2) is 0 Å². The van der Waals surface area contributed by atoms with E-state index in [9.17, 15) is 4.79 Å². The summed E-state index contributed by atoms with van der Waals surface area (Å²) in [7, 11) is 0. The molecule has 0 bridgehead atoms. The van der Waals surface area contributed by atoms with Crippen LogP contribution in [0.1, 0.15) is 16.1 Å². The number of pyridine rings is 1. The van der Waals surface area contributed by atoms with E-state index < -0.39 is 0 Å². The van der Waals surface area contributed by atoms with Gasteiger partial charge in [-0.05, 0) is 37.3 Å². The maximum Gasteiger partial charge on any atom is 0.257 e. The van der Waals surface area contributed by atoms with Crippen molar-refractivity contribution in [1.29, 1.82) is 0 Å².